The summed E-state index contributed by atoms with van der Waals surface area (Å²) in [4.78, 5) is 28.1. The fourth-order valence-corrected chi connectivity index (χ4v) is 4.88. The lowest BCUT2D eigenvalue weighted by atomic mass is 9.96. The summed E-state index contributed by atoms with van der Waals surface area (Å²) < 4.78 is 5.79. The van der Waals surface area contributed by atoms with Crippen LogP contribution in [0.5, 0.6) is 0 Å². The van der Waals surface area contributed by atoms with Crippen molar-refractivity contribution in [1.82, 2.24) is 10.2 Å². The van der Waals surface area contributed by atoms with Crippen molar-refractivity contribution in [1.29, 1.82) is 0 Å². The molecule has 5 rings (SSSR count). The Balaban J connectivity index is 1.45. The van der Waals surface area contributed by atoms with Gasteiger partial charge in [0.2, 0.25) is 5.91 Å². The van der Waals surface area contributed by atoms with Gasteiger partial charge in [-0.2, -0.15) is 0 Å². The summed E-state index contributed by atoms with van der Waals surface area (Å²) in [6, 6.07) is 38.1. The van der Waals surface area contributed by atoms with Gasteiger partial charge in [-0.25, -0.2) is 4.79 Å². The molecule has 4 aromatic carbocycles. The minimum Gasteiger partial charge on any atom is -0.460 e. The number of carbonyl (C=O) groups excluding carboxylic acids is 2. The van der Waals surface area contributed by atoms with Crippen LogP contribution in [-0.4, -0.2) is 29.4 Å². The molecule has 5 nitrogen and oxygen atoms in total. The van der Waals surface area contributed by atoms with E-state index in [2.05, 4.69) is 29.6 Å². The molecule has 4 aromatic rings. The molecule has 0 aromatic heterocycles. The summed E-state index contributed by atoms with van der Waals surface area (Å²) in [5.41, 5.74) is 3.62. The molecule has 1 heterocycles. The summed E-state index contributed by atoms with van der Waals surface area (Å²) >= 11 is 0. The lowest BCUT2D eigenvalue weighted by molar-refractivity contribution is -0.130. The molecule has 1 amide bonds. The molecule has 1 N–H and O–H groups in total. The molecular weight excluding hydrogens is 472 g/mol. The molecule has 0 radical (unpaired) electrons. The molecule has 0 saturated heterocycles. The maximum atomic E-state index is 13.4. The van der Waals surface area contributed by atoms with Crippen molar-refractivity contribution < 1.29 is 14.3 Å². The minimum absolute atomic E-state index is 0.0435. The van der Waals surface area contributed by atoms with Crippen molar-refractivity contribution in [2.24, 2.45) is 0 Å². The number of esters is 1. The van der Waals surface area contributed by atoms with Crippen LogP contribution in [0.25, 0.3) is 0 Å². The highest BCUT2D eigenvalue weighted by Crippen LogP contribution is 2.34. The van der Waals surface area contributed by atoms with Crippen molar-refractivity contribution in [2.45, 2.75) is 24.7 Å². The number of ether oxygens (including phenoxy) is 1. The van der Waals surface area contributed by atoms with E-state index < -0.39 is 12.0 Å². The molecule has 0 aliphatic carbocycles. The first kappa shape index (κ1) is 25.2. The molecule has 0 spiro atoms. The van der Waals surface area contributed by atoms with E-state index in [1.807, 2.05) is 83.8 Å². The summed E-state index contributed by atoms with van der Waals surface area (Å²) in [5, 5.41) is 3.69. The third-order valence-corrected chi connectivity index (χ3v) is 6.78. The zero-order chi connectivity index (χ0) is 26.2. The number of carbonyl (C=O) groups is 2. The summed E-state index contributed by atoms with van der Waals surface area (Å²) in [6.45, 7) is 0.688. The van der Waals surface area contributed by atoms with Gasteiger partial charge < -0.3 is 15.0 Å². The van der Waals surface area contributed by atoms with Crippen molar-refractivity contribution in [3.05, 3.63) is 156 Å². The van der Waals surface area contributed by atoms with Crippen molar-refractivity contribution in [3.8, 4) is 0 Å². The van der Waals surface area contributed by atoms with E-state index in [9.17, 15) is 9.59 Å². The van der Waals surface area contributed by atoms with Crippen LogP contribution >= 0.6 is 0 Å². The average Bonchev–Trinajstić information content (AvgIpc) is 3.36. The van der Waals surface area contributed by atoms with Crippen LogP contribution in [0.3, 0.4) is 0 Å². The highest BCUT2D eigenvalue weighted by molar-refractivity contribution is 5.91. The second-order valence-corrected chi connectivity index (χ2v) is 9.24. The Kier molecular flexibility index (Phi) is 8.07. The van der Waals surface area contributed by atoms with Crippen LogP contribution in [0.1, 0.15) is 39.1 Å². The molecule has 3 atom stereocenters. The van der Waals surface area contributed by atoms with Gasteiger partial charge in [-0.1, -0.05) is 115 Å². The maximum absolute atomic E-state index is 13.4. The molecule has 0 bridgehead atoms. The Labute approximate surface area is 223 Å². The SMILES string of the molecule is O=C(OC[C@@H](c1ccccc1)N1C(=O)C=CC1C(NCc1ccccc1)c1ccccc1)c1ccccc1. The van der Waals surface area contributed by atoms with E-state index in [4.69, 9.17) is 4.74 Å². The largest absolute Gasteiger partial charge is 0.460 e. The maximum Gasteiger partial charge on any atom is 0.338 e. The van der Waals surface area contributed by atoms with Crippen molar-refractivity contribution >= 4 is 11.9 Å². The molecule has 5 heteroatoms. The van der Waals surface area contributed by atoms with Gasteiger partial charge in [0, 0.05) is 12.6 Å². The minimum atomic E-state index is -0.457. The van der Waals surface area contributed by atoms with E-state index in [1.165, 1.54) is 0 Å². The number of hydrogen-bond acceptors (Lipinski definition) is 4. The standard InChI is InChI=1S/C33H30N2O3/c36-31-22-21-29(32(27-17-9-3-10-18-27)34-23-25-13-5-1-6-14-25)35(31)30(26-15-7-2-8-16-26)24-38-33(37)28-19-11-4-12-20-28/h1-22,29-30,32,34H,23-24H2/t29?,30-,32?/m0/s1. The van der Waals surface area contributed by atoms with Crippen LogP contribution in [0.4, 0.5) is 0 Å². The van der Waals surface area contributed by atoms with Gasteiger partial charge >= 0.3 is 5.97 Å². The normalized spacial score (nSPS) is 16.3. The first-order valence-corrected chi connectivity index (χ1v) is 12.8. The second kappa shape index (κ2) is 12.2. The van der Waals surface area contributed by atoms with E-state index in [0.29, 0.717) is 12.1 Å². The number of rotatable bonds is 10. The zero-order valence-corrected chi connectivity index (χ0v) is 21.0. The molecule has 2 unspecified atom stereocenters. The Morgan fingerprint density at radius 1 is 0.763 bits per heavy atom. The molecule has 190 valence electrons. The van der Waals surface area contributed by atoms with Crippen LogP contribution in [0.2, 0.25) is 0 Å². The smallest absolute Gasteiger partial charge is 0.338 e. The van der Waals surface area contributed by atoms with Gasteiger partial charge in [-0.3, -0.25) is 4.79 Å². The first-order valence-electron chi connectivity index (χ1n) is 12.8. The third kappa shape index (κ3) is 5.90. The Hall–Kier alpha value is -4.48. The highest BCUT2D eigenvalue weighted by atomic mass is 16.5. The Bertz CT molecular complexity index is 1360. The molecule has 0 fully saturated rings. The summed E-state index contributed by atoms with van der Waals surface area (Å²) in [6.07, 6.45) is 3.58. The Morgan fingerprint density at radius 3 is 1.95 bits per heavy atom. The van der Waals surface area contributed by atoms with E-state index in [1.54, 1.807) is 30.3 Å². The van der Waals surface area contributed by atoms with Crippen molar-refractivity contribution in [3.63, 3.8) is 0 Å². The highest BCUT2D eigenvalue weighted by Gasteiger charge is 2.39. The topological polar surface area (TPSA) is 58.6 Å². The molecular formula is C33H30N2O3. The van der Waals surface area contributed by atoms with E-state index >= 15 is 0 Å². The van der Waals surface area contributed by atoms with Gasteiger partial charge in [0.1, 0.15) is 6.61 Å². The van der Waals surface area contributed by atoms with Gasteiger partial charge in [0.25, 0.3) is 0 Å². The quantitative estimate of drug-likeness (QED) is 0.275. The molecule has 38 heavy (non-hydrogen) atoms. The second-order valence-electron chi connectivity index (χ2n) is 9.24. The van der Waals surface area contributed by atoms with E-state index in [-0.39, 0.29) is 24.6 Å². The number of amides is 1. The summed E-state index contributed by atoms with van der Waals surface area (Å²) in [5.74, 6) is -0.522. The van der Waals surface area contributed by atoms with Crippen molar-refractivity contribution in [2.75, 3.05) is 6.61 Å². The fraction of sp³-hybridized carbons (Fsp3) is 0.152. The van der Waals surface area contributed by atoms with Gasteiger partial charge in [0.05, 0.1) is 23.7 Å². The number of nitrogens with one attached hydrogen (secondary N) is 1. The van der Waals surface area contributed by atoms with Gasteiger partial charge in [-0.05, 0) is 28.8 Å². The molecule has 1 aliphatic heterocycles. The fourth-order valence-electron chi connectivity index (χ4n) is 4.88. The third-order valence-electron chi connectivity index (χ3n) is 6.78. The van der Waals surface area contributed by atoms with Gasteiger partial charge in [0.15, 0.2) is 0 Å². The molecule has 1 aliphatic rings. The van der Waals surface area contributed by atoms with Crippen LogP contribution in [0, 0.1) is 0 Å². The predicted molar refractivity (Wildman–Crippen MR) is 148 cm³/mol. The lowest BCUT2D eigenvalue weighted by Gasteiger charge is -2.38. The first-order chi connectivity index (χ1) is 18.7. The number of hydrogen-bond donors (Lipinski definition) is 1. The lowest BCUT2D eigenvalue weighted by Crippen LogP contribution is -2.46. The molecule has 0 saturated carbocycles. The number of nitrogens with zero attached hydrogens (tertiary/aromatic N) is 1. The average molecular weight is 503 g/mol. The summed E-state index contributed by atoms with van der Waals surface area (Å²) in [7, 11) is 0. The monoisotopic (exact) mass is 502 g/mol. The predicted octanol–water partition coefficient (Wildman–Crippen LogP) is 5.88. The van der Waals surface area contributed by atoms with Gasteiger partial charge in [-0.15, -0.1) is 0 Å². The Morgan fingerprint density at radius 2 is 1.32 bits per heavy atom. The zero-order valence-electron chi connectivity index (χ0n) is 21.0. The van der Waals surface area contributed by atoms with Crippen LogP contribution in [0.15, 0.2) is 133 Å². The van der Waals surface area contributed by atoms with Crippen LogP contribution < -0.4 is 5.32 Å². The number of benzene rings is 4. The van der Waals surface area contributed by atoms with Crippen LogP contribution in [-0.2, 0) is 16.1 Å². The van der Waals surface area contributed by atoms with E-state index in [0.717, 1.165) is 16.7 Å².